The molecule has 0 spiro atoms. The second-order valence-corrected chi connectivity index (χ2v) is 9.10. The lowest BCUT2D eigenvalue weighted by atomic mass is 10.0. The van der Waals surface area contributed by atoms with Gasteiger partial charge in [-0.25, -0.2) is 13.1 Å². The maximum Gasteiger partial charge on any atom is 0.231 e. The van der Waals surface area contributed by atoms with E-state index in [0.29, 0.717) is 6.54 Å². The third-order valence-corrected chi connectivity index (χ3v) is 6.06. The number of piperazine rings is 1. The number of fused-ring (bicyclic) bond motifs is 1. The molecule has 2 aromatic carbocycles. The Balaban J connectivity index is 1.51. The van der Waals surface area contributed by atoms with Gasteiger partial charge in [-0.3, -0.25) is 0 Å². The van der Waals surface area contributed by atoms with Crippen LogP contribution in [-0.4, -0.2) is 54.2 Å². The molecule has 2 heterocycles. The van der Waals surface area contributed by atoms with Gasteiger partial charge in [0, 0.05) is 11.3 Å². The highest BCUT2D eigenvalue weighted by atomic mass is 32.2. The van der Waals surface area contributed by atoms with Crippen molar-refractivity contribution in [3.8, 4) is 11.5 Å². The Morgan fingerprint density at radius 3 is 2.50 bits per heavy atom. The Hall–Kier alpha value is -2.29. The predicted octanol–water partition coefficient (Wildman–Crippen LogP) is 0.411. The molecule has 2 N–H and O–H groups in total. The molecule has 2 aliphatic rings. The topological polar surface area (TPSA) is 72.3 Å². The summed E-state index contributed by atoms with van der Waals surface area (Å²) in [6.07, 6.45) is 1.20. The number of hydrogen-bond acceptors (Lipinski definition) is 5. The molecular formula is C20H26N3O4S+. The molecule has 1 saturated heterocycles. The second-order valence-electron chi connectivity index (χ2n) is 7.27. The summed E-state index contributed by atoms with van der Waals surface area (Å²) in [5.74, 6) is 1.46. The maximum absolute atomic E-state index is 11.7. The number of para-hydroxylation sites is 1. The van der Waals surface area contributed by atoms with Crippen LogP contribution in [0.5, 0.6) is 11.5 Å². The number of hydrogen-bond donors (Lipinski definition) is 2. The van der Waals surface area contributed by atoms with Gasteiger partial charge in [-0.2, -0.15) is 0 Å². The molecule has 4 rings (SSSR count). The molecule has 28 heavy (non-hydrogen) atoms. The lowest BCUT2D eigenvalue weighted by molar-refractivity contribution is -0.930. The van der Waals surface area contributed by atoms with E-state index in [1.165, 1.54) is 16.8 Å². The Morgan fingerprint density at radius 1 is 1.07 bits per heavy atom. The molecule has 0 amide bonds. The van der Waals surface area contributed by atoms with Crippen LogP contribution in [0.3, 0.4) is 0 Å². The van der Waals surface area contributed by atoms with Crippen LogP contribution in [0.1, 0.15) is 11.6 Å². The summed E-state index contributed by atoms with van der Waals surface area (Å²) in [6.45, 7) is 4.31. The lowest BCUT2D eigenvalue weighted by Gasteiger charge is -2.37. The summed E-state index contributed by atoms with van der Waals surface area (Å²) in [6, 6.07) is 16.3. The Kier molecular flexibility index (Phi) is 5.43. The van der Waals surface area contributed by atoms with Crippen LogP contribution >= 0.6 is 0 Å². The first kappa shape index (κ1) is 19.0. The average molecular weight is 405 g/mol. The highest BCUT2D eigenvalue weighted by Crippen LogP contribution is 2.33. The third-order valence-electron chi connectivity index (χ3n) is 5.37. The molecule has 2 aromatic rings. The molecule has 0 aromatic heterocycles. The zero-order valence-corrected chi connectivity index (χ0v) is 16.7. The van der Waals surface area contributed by atoms with Crippen LogP contribution in [0, 0.1) is 0 Å². The van der Waals surface area contributed by atoms with Crippen molar-refractivity contribution in [3.63, 3.8) is 0 Å². The van der Waals surface area contributed by atoms with Gasteiger partial charge in [0.1, 0.15) is 6.04 Å². The standard InChI is InChI=1S/C20H25N3O4S/c1-28(24,25)21-14-18(16-7-8-19-20(13-16)27-15-26-19)23-11-9-22(10-12-23)17-5-3-2-4-6-17/h2-8,13,18,21H,9-12,14-15H2,1H3/p+1/t18-/m0/s1. The fourth-order valence-corrected chi connectivity index (χ4v) is 4.37. The molecule has 0 unspecified atom stereocenters. The minimum atomic E-state index is -3.26. The van der Waals surface area contributed by atoms with Gasteiger partial charge in [-0.1, -0.05) is 18.2 Å². The van der Waals surface area contributed by atoms with Crippen molar-refractivity contribution in [2.45, 2.75) is 6.04 Å². The van der Waals surface area contributed by atoms with Gasteiger partial charge < -0.3 is 19.3 Å². The van der Waals surface area contributed by atoms with Crippen LogP contribution in [0.25, 0.3) is 0 Å². The number of ether oxygens (including phenoxy) is 2. The summed E-state index contributed by atoms with van der Waals surface area (Å²) >= 11 is 0. The van der Waals surface area contributed by atoms with E-state index in [4.69, 9.17) is 9.47 Å². The van der Waals surface area contributed by atoms with Crippen LogP contribution in [-0.2, 0) is 10.0 Å². The molecule has 8 heteroatoms. The summed E-state index contributed by atoms with van der Waals surface area (Å²) in [7, 11) is -3.26. The van der Waals surface area contributed by atoms with E-state index in [9.17, 15) is 8.42 Å². The highest BCUT2D eigenvalue weighted by Gasteiger charge is 2.30. The first-order valence-corrected chi connectivity index (χ1v) is 11.4. The Labute approximate surface area is 165 Å². The van der Waals surface area contributed by atoms with E-state index in [-0.39, 0.29) is 12.8 Å². The van der Waals surface area contributed by atoms with Gasteiger partial charge in [0.2, 0.25) is 16.8 Å². The minimum absolute atomic E-state index is 0.0159. The number of nitrogens with one attached hydrogen (secondary N) is 2. The molecule has 0 radical (unpaired) electrons. The van der Waals surface area contributed by atoms with E-state index >= 15 is 0 Å². The largest absolute Gasteiger partial charge is 0.454 e. The monoisotopic (exact) mass is 404 g/mol. The van der Waals surface area contributed by atoms with Crippen molar-refractivity contribution in [2.24, 2.45) is 0 Å². The molecular weight excluding hydrogens is 378 g/mol. The number of anilines is 1. The van der Waals surface area contributed by atoms with Gasteiger partial charge >= 0.3 is 0 Å². The van der Waals surface area contributed by atoms with Gasteiger partial charge in [-0.15, -0.1) is 0 Å². The van der Waals surface area contributed by atoms with Gasteiger partial charge in [-0.05, 0) is 30.3 Å². The predicted molar refractivity (Wildman–Crippen MR) is 108 cm³/mol. The first-order valence-electron chi connectivity index (χ1n) is 9.48. The lowest BCUT2D eigenvalue weighted by Crippen LogP contribution is -3.15. The van der Waals surface area contributed by atoms with E-state index in [1.54, 1.807) is 0 Å². The molecule has 1 fully saturated rings. The van der Waals surface area contributed by atoms with Crippen LogP contribution in [0.15, 0.2) is 48.5 Å². The number of nitrogens with zero attached hydrogens (tertiary/aromatic N) is 1. The normalized spacial score (nSPS) is 18.2. The quantitative estimate of drug-likeness (QED) is 0.730. The molecule has 1 atom stereocenters. The average Bonchev–Trinajstić information content (AvgIpc) is 3.16. The summed E-state index contributed by atoms with van der Waals surface area (Å²) in [5, 5.41) is 0. The second kappa shape index (κ2) is 7.98. The smallest absolute Gasteiger partial charge is 0.231 e. The van der Waals surface area contributed by atoms with Gasteiger partial charge in [0.25, 0.3) is 0 Å². The fourth-order valence-electron chi connectivity index (χ4n) is 3.90. The van der Waals surface area contributed by atoms with Crippen LogP contribution in [0.4, 0.5) is 5.69 Å². The number of benzene rings is 2. The summed E-state index contributed by atoms with van der Waals surface area (Å²) < 4.78 is 37.0. The molecule has 2 aliphatic heterocycles. The highest BCUT2D eigenvalue weighted by molar-refractivity contribution is 7.88. The Morgan fingerprint density at radius 2 is 1.79 bits per heavy atom. The third kappa shape index (κ3) is 4.40. The molecule has 7 nitrogen and oxygen atoms in total. The van der Waals surface area contributed by atoms with Gasteiger partial charge in [0.05, 0.1) is 39.0 Å². The van der Waals surface area contributed by atoms with E-state index < -0.39 is 10.0 Å². The van der Waals surface area contributed by atoms with Crippen molar-refractivity contribution in [1.29, 1.82) is 0 Å². The maximum atomic E-state index is 11.7. The van der Waals surface area contributed by atoms with Crippen LogP contribution < -0.4 is 24.0 Å². The van der Waals surface area contributed by atoms with Crippen molar-refractivity contribution in [3.05, 3.63) is 54.1 Å². The molecule has 0 bridgehead atoms. The summed E-state index contributed by atoms with van der Waals surface area (Å²) in [5.41, 5.74) is 2.29. The van der Waals surface area contributed by atoms with E-state index in [1.807, 2.05) is 24.3 Å². The van der Waals surface area contributed by atoms with Crippen molar-refractivity contribution >= 4 is 15.7 Å². The van der Waals surface area contributed by atoms with E-state index in [0.717, 1.165) is 43.2 Å². The molecule has 0 aliphatic carbocycles. The van der Waals surface area contributed by atoms with E-state index in [2.05, 4.69) is 33.9 Å². The molecule has 150 valence electrons. The van der Waals surface area contributed by atoms with Crippen molar-refractivity contribution < 1.29 is 22.8 Å². The zero-order chi connectivity index (χ0) is 19.6. The van der Waals surface area contributed by atoms with Crippen LogP contribution in [0.2, 0.25) is 0 Å². The summed E-state index contributed by atoms with van der Waals surface area (Å²) in [4.78, 5) is 3.74. The van der Waals surface area contributed by atoms with Crippen molar-refractivity contribution in [2.75, 3.05) is 50.7 Å². The fraction of sp³-hybridized carbons (Fsp3) is 0.400. The number of sulfonamides is 1. The number of quaternary nitrogens is 1. The SMILES string of the molecule is CS(=O)(=O)NC[C@@H](c1ccc2c(c1)OCO2)[NH+]1CCN(c2ccccc2)CC1. The van der Waals surface area contributed by atoms with Gasteiger partial charge in [0.15, 0.2) is 11.5 Å². The van der Waals surface area contributed by atoms with Crippen molar-refractivity contribution in [1.82, 2.24) is 4.72 Å². The molecule has 0 saturated carbocycles. The Bertz CT molecular complexity index is 912. The first-order chi connectivity index (χ1) is 13.5. The number of rotatable bonds is 6. The zero-order valence-electron chi connectivity index (χ0n) is 15.9. The minimum Gasteiger partial charge on any atom is -0.454 e.